The molecule has 1 heterocycles. The minimum Gasteiger partial charge on any atom is -0.469 e. The summed E-state index contributed by atoms with van der Waals surface area (Å²) in [6.07, 6.45) is 3.00. The third-order valence-electron chi connectivity index (χ3n) is 17.9. The summed E-state index contributed by atoms with van der Waals surface area (Å²) in [4.78, 5) is 185. The van der Waals surface area contributed by atoms with Crippen molar-refractivity contribution in [2.45, 2.75) is 254 Å². The molecular weight excluding hydrogens is 1250 g/mol. The Morgan fingerprint density at radius 2 is 1.03 bits per heavy atom. The van der Waals surface area contributed by atoms with Gasteiger partial charge in [-0.15, -0.1) is 0 Å². The van der Waals surface area contributed by atoms with Crippen molar-refractivity contribution in [1.29, 1.82) is 0 Å². The van der Waals surface area contributed by atoms with Gasteiger partial charge < -0.3 is 70.5 Å². The summed E-state index contributed by atoms with van der Waals surface area (Å²) in [5.41, 5.74) is -1.62. The Bertz CT molecular complexity index is 2650. The number of allylic oxidation sites excluding steroid dienone is 2. The number of esters is 1. The van der Waals surface area contributed by atoms with Crippen molar-refractivity contribution in [3.63, 3.8) is 0 Å². The van der Waals surface area contributed by atoms with E-state index >= 15 is 28.8 Å². The maximum atomic E-state index is 15.4. The van der Waals surface area contributed by atoms with Gasteiger partial charge in [0.1, 0.15) is 66.5 Å². The quantitative estimate of drug-likeness (QED) is 0.0510. The highest BCUT2D eigenvalue weighted by Gasteiger charge is 2.47. The second-order valence-corrected chi connectivity index (χ2v) is 29.9. The number of aliphatic hydroxyl groups is 2. The first-order valence-electron chi connectivity index (χ1n) is 34.1. The van der Waals surface area contributed by atoms with E-state index < -0.39 is 167 Å². The summed E-state index contributed by atoms with van der Waals surface area (Å²) in [6, 6.07) is -14.7. The normalized spacial score (nSPS) is 26.0. The molecule has 0 radical (unpaired) electrons. The van der Waals surface area contributed by atoms with Crippen LogP contribution >= 0.6 is 11.8 Å². The van der Waals surface area contributed by atoms with Gasteiger partial charge >= 0.3 is 5.97 Å². The van der Waals surface area contributed by atoms with Crippen molar-refractivity contribution in [2.75, 3.05) is 67.9 Å². The van der Waals surface area contributed by atoms with Crippen LogP contribution in [0, 0.1) is 35.5 Å². The molecule has 6 N–H and O–H groups in total. The van der Waals surface area contributed by atoms with Gasteiger partial charge in [-0.3, -0.25) is 57.5 Å². The highest BCUT2D eigenvalue weighted by Crippen LogP contribution is 2.27. The van der Waals surface area contributed by atoms with Gasteiger partial charge in [0.2, 0.25) is 65.0 Å². The zero-order valence-electron chi connectivity index (χ0n) is 62.6. The van der Waals surface area contributed by atoms with Gasteiger partial charge in [0.05, 0.1) is 18.8 Å². The Balaban J connectivity index is 4.59. The molecule has 27 heteroatoms. The van der Waals surface area contributed by atoms with Crippen LogP contribution in [0.5, 0.6) is 0 Å². The largest absolute Gasteiger partial charge is 0.469 e. The molecule has 0 unspecified atom stereocenters. The minimum absolute atomic E-state index is 0.0514. The van der Waals surface area contributed by atoms with Crippen molar-refractivity contribution < 1.29 is 72.5 Å². The van der Waals surface area contributed by atoms with E-state index in [1.807, 2.05) is 41.5 Å². The standard InChI is InChI=1S/C69H123N11O15S/c1-26-28-30-44(13)57(82)56-61(86)72-47(27-2)63(88)78(22)52(38-96-34-29-31-53(81)95-25)66(91)77(21)51(37-69(16,17)94)60(85)73-54(42(9)10)67(92)74(18)48(33-32-39(3)4)59(84)70-45(14)58(83)71-46(15)62(87)75(19)49(35-40(5)6)64(89)76(20)50(36-41(7)8)65(90)79(23)55(43(11)12)68(93)80(56)24/h26,28,39-52,54-57,82,94H,27,29-38H2,1-25H3,(H,70,84)(H,71,83)(H,72,86)(H,73,85)/b28-26+/t44-,45-,46+,47+,48-,49+,50+,51+,52-,54-,55+,56+,57-/m1/s1. The van der Waals surface area contributed by atoms with Crippen LogP contribution in [0.25, 0.3) is 0 Å². The summed E-state index contributed by atoms with van der Waals surface area (Å²) in [6.45, 7) is 28.9. The predicted octanol–water partition coefficient (Wildman–Crippen LogP) is 3.83. The van der Waals surface area contributed by atoms with Gasteiger partial charge in [0, 0.05) is 67.9 Å². The summed E-state index contributed by atoms with van der Waals surface area (Å²) in [7, 11) is 11.0. The van der Waals surface area contributed by atoms with Gasteiger partial charge in [-0.1, -0.05) is 95.2 Å². The molecule has 13 atom stereocenters. The van der Waals surface area contributed by atoms with Crippen molar-refractivity contribution in [3.05, 3.63) is 12.2 Å². The number of thioether (sulfide) groups is 1. The average molecular weight is 1380 g/mol. The van der Waals surface area contributed by atoms with Gasteiger partial charge in [-0.25, -0.2) is 0 Å². The number of carbonyl (C=O) groups is 12. The Kier molecular flexibility index (Phi) is 37.0. The summed E-state index contributed by atoms with van der Waals surface area (Å²) in [5, 5.41) is 34.7. The third kappa shape index (κ3) is 25.8. The highest BCUT2D eigenvalue weighted by molar-refractivity contribution is 7.99. The molecular formula is C69H123N11O15S. The third-order valence-corrected chi connectivity index (χ3v) is 19.0. The fraction of sp³-hybridized carbons (Fsp3) is 0.797. The maximum absolute atomic E-state index is 15.4. The number of hydrogen-bond donors (Lipinski definition) is 6. The van der Waals surface area contributed by atoms with E-state index in [9.17, 15) is 39.0 Å². The Morgan fingerprint density at radius 3 is 1.51 bits per heavy atom. The Hall–Kier alpha value is -6.35. The average Bonchev–Trinajstić information content (AvgIpc) is 0.808. The van der Waals surface area contributed by atoms with Crippen LogP contribution in [0.2, 0.25) is 0 Å². The van der Waals surface area contributed by atoms with E-state index in [2.05, 4.69) is 21.3 Å². The molecule has 1 aliphatic heterocycles. The van der Waals surface area contributed by atoms with Crippen LogP contribution in [0.15, 0.2) is 12.2 Å². The molecule has 11 amide bonds. The van der Waals surface area contributed by atoms with E-state index in [1.54, 1.807) is 60.6 Å². The topological polar surface area (TPSA) is 325 Å². The summed E-state index contributed by atoms with van der Waals surface area (Å²) < 4.78 is 4.82. The Labute approximate surface area is 577 Å². The number of nitrogens with one attached hydrogen (secondary N) is 4. The van der Waals surface area contributed by atoms with Crippen LogP contribution in [0.4, 0.5) is 0 Å². The molecule has 1 rings (SSSR count). The molecule has 26 nitrogen and oxygen atoms in total. The fourth-order valence-electron chi connectivity index (χ4n) is 11.7. The smallest absolute Gasteiger partial charge is 0.305 e. The van der Waals surface area contributed by atoms with E-state index in [0.717, 1.165) is 14.7 Å². The van der Waals surface area contributed by atoms with Crippen molar-refractivity contribution in [3.8, 4) is 0 Å². The zero-order chi connectivity index (χ0) is 74.3. The molecule has 0 bridgehead atoms. The molecule has 0 aliphatic carbocycles. The number of amides is 11. The molecule has 1 aliphatic rings. The lowest BCUT2D eigenvalue weighted by Crippen LogP contribution is -2.64. The van der Waals surface area contributed by atoms with E-state index in [4.69, 9.17) is 4.74 Å². The molecule has 96 heavy (non-hydrogen) atoms. The number of aliphatic hydroxyl groups excluding tert-OH is 1. The monoisotopic (exact) mass is 1380 g/mol. The second kappa shape index (κ2) is 40.5. The zero-order valence-corrected chi connectivity index (χ0v) is 63.4. The van der Waals surface area contributed by atoms with Crippen LogP contribution in [-0.2, 0) is 62.3 Å². The van der Waals surface area contributed by atoms with Crippen LogP contribution in [-0.4, -0.2) is 262 Å². The number of nitrogens with zero attached hydrogens (tertiary/aromatic N) is 7. The first kappa shape index (κ1) is 87.7. The number of hydrogen-bond acceptors (Lipinski definition) is 16. The molecule has 1 fully saturated rings. The van der Waals surface area contributed by atoms with E-state index in [0.29, 0.717) is 18.6 Å². The molecule has 0 aromatic carbocycles. The molecule has 0 spiro atoms. The van der Waals surface area contributed by atoms with Gasteiger partial charge in [0.25, 0.3) is 0 Å². The van der Waals surface area contributed by atoms with Gasteiger partial charge in [0.15, 0.2) is 0 Å². The van der Waals surface area contributed by atoms with E-state index in [-0.39, 0.29) is 68.5 Å². The highest BCUT2D eigenvalue weighted by atomic mass is 32.2. The predicted molar refractivity (Wildman–Crippen MR) is 372 cm³/mol. The molecule has 550 valence electrons. The minimum atomic E-state index is -1.69. The van der Waals surface area contributed by atoms with Crippen molar-refractivity contribution in [1.82, 2.24) is 55.6 Å². The maximum Gasteiger partial charge on any atom is 0.305 e. The summed E-state index contributed by atoms with van der Waals surface area (Å²) in [5.74, 6) is -10.7. The number of rotatable bonds is 22. The first-order chi connectivity index (χ1) is 44.4. The Morgan fingerprint density at radius 1 is 0.562 bits per heavy atom. The van der Waals surface area contributed by atoms with Crippen molar-refractivity contribution >= 4 is 82.7 Å². The van der Waals surface area contributed by atoms with Crippen LogP contribution in [0.3, 0.4) is 0 Å². The summed E-state index contributed by atoms with van der Waals surface area (Å²) >= 11 is 1.22. The van der Waals surface area contributed by atoms with Crippen LogP contribution in [0.1, 0.15) is 175 Å². The van der Waals surface area contributed by atoms with Gasteiger partial charge in [-0.2, -0.15) is 11.8 Å². The number of ether oxygens (including phenoxy) is 1. The molecule has 0 saturated carbocycles. The lowest BCUT2D eigenvalue weighted by Gasteiger charge is -2.41. The molecule has 0 aromatic rings. The van der Waals surface area contributed by atoms with Crippen molar-refractivity contribution in [2.24, 2.45) is 35.5 Å². The lowest BCUT2D eigenvalue weighted by atomic mass is 9.91. The molecule has 0 aromatic heterocycles. The lowest BCUT2D eigenvalue weighted by molar-refractivity contribution is -0.157. The number of carbonyl (C=O) groups excluding carboxylic acids is 12. The first-order valence-corrected chi connectivity index (χ1v) is 35.3. The number of methoxy groups -OCH3 is 1. The molecule has 1 saturated heterocycles. The fourth-order valence-corrected chi connectivity index (χ4v) is 12.8. The van der Waals surface area contributed by atoms with Crippen LogP contribution < -0.4 is 21.3 Å². The SMILES string of the molecule is C/C=C/C[C@@H](C)[C@@H](O)[C@H]1C(=O)N[C@@H](CC)C(=O)N(C)[C@H](CSCCCC(=O)OC)C(=O)N(C)[C@@H](CC(C)(C)O)C(=O)N[C@H](C(C)C)C(=O)N(C)[C@H](CCC(C)C)C(=O)N[C@H](C)C(=O)N[C@@H](C)C(=O)N(C)[C@@H](CC(C)C)C(=O)N(C)[C@@H](CC(C)C)C(=O)N(C)[C@@H](C(C)C)C(=O)N1C. The van der Waals surface area contributed by atoms with E-state index in [1.165, 1.54) is 115 Å². The number of likely N-dealkylation sites (N-methyl/N-ethyl adjacent to an activating group) is 7. The van der Waals surface area contributed by atoms with Gasteiger partial charge in [-0.05, 0) is 121 Å². The second-order valence-electron chi connectivity index (χ2n) is 28.8.